The van der Waals surface area contributed by atoms with Gasteiger partial charge in [-0.15, -0.1) is 0 Å². The summed E-state index contributed by atoms with van der Waals surface area (Å²) in [6.45, 7) is 4.29. The molecular weight excluding hydrogens is 360 g/mol. The van der Waals surface area contributed by atoms with Gasteiger partial charge in [0.05, 0.1) is 14.2 Å². The van der Waals surface area contributed by atoms with Crippen LogP contribution in [0.4, 0.5) is 0 Å². The van der Waals surface area contributed by atoms with Crippen molar-refractivity contribution in [2.75, 3.05) is 14.2 Å². The van der Waals surface area contributed by atoms with Crippen LogP contribution in [0, 0.1) is 6.92 Å². The Bertz CT molecular complexity index is 990. The molecule has 0 aliphatic rings. The molecule has 0 atom stereocenters. The molecule has 3 aromatic carbocycles. The topological polar surface area (TPSA) is 35.5 Å². The molecule has 3 heteroatoms. The molecule has 0 bridgehead atoms. The largest absolute Gasteiger partial charge is 0.495 e. The number of carbonyl (C=O) groups is 1. The minimum atomic E-state index is -0.399. The summed E-state index contributed by atoms with van der Waals surface area (Å²) in [6, 6.07) is 20.5. The monoisotopic (exact) mass is 388 g/mol. The molecule has 0 aliphatic heterocycles. The van der Waals surface area contributed by atoms with Crippen LogP contribution in [0.15, 0.2) is 60.7 Å². The lowest BCUT2D eigenvalue weighted by Crippen LogP contribution is -2.06. The summed E-state index contributed by atoms with van der Waals surface area (Å²) in [5.41, 5.74) is 6.96. The Morgan fingerprint density at radius 3 is 2.31 bits per heavy atom. The lowest BCUT2D eigenvalue weighted by molar-refractivity contribution is 0.0597. The first-order chi connectivity index (χ1) is 14.1. The highest BCUT2D eigenvalue weighted by Crippen LogP contribution is 2.39. The summed E-state index contributed by atoms with van der Waals surface area (Å²) in [7, 11) is 2.99. The Hall–Kier alpha value is -3.07. The Morgan fingerprint density at radius 2 is 1.66 bits per heavy atom. The van der Waals surface area contributed by atoms with Crippen LogP contribution < -0.4 is 4.74 Å². The van der Waals surface area contributed by atoms with Gasteiger partial charge in [0.15, 0.2) is 0 Å². The van der Waals surface area contributed by atoms with E-state index in [0.717, 1.165) is 41.5 Å². The van der Waals surface area contributed by atoms with Crippen molar-refractivity contribution in [3.8, 4) is 28.0 Å². The molecule has 3 nitrogen and oxygen atoms in total. The third-order valence-corrected chi connectivity index (χ3v) is 5.16. The lowest BCUT2D eigenvalue weighted by Gasteiger charge is -2.17. The van der Waals surface area contributed by atoms with Crippen LogP contribution >= 0.6 is 0 Å². The Labute approximate surface area is 173 Å². The standard InChI is InChI=1S/C26H28O3/c1-5-6-10-20-14-13-18(2)15-22(20)21-16-23(19-11-8-7-9-12-19)25(28-3)24(17-21)26(27)29-4/h7-9,11-17H,5-6,10H2,1-4H3. The number of aryl methyl sites for hydroxylation is 2. The molecule has 29 heavy (non-hydrogen) atoms. The summed E-state index contributed by atoms with van der Waals surface area (Å²) >= 11 is 0. The minimum absolute atomic E-state index is 0.399. The van der Waals surface area contributed by atoms with E-state index in [9.17, 15) is 4.79 Å². The highest BCUT2D eigenvalue weighted by atomic mass is 16.5. The molecule has 3 rings (SSSR count). The van der Waals surface area contributed by atoms with Crippen LogP contribution in [0.5, 0.6) is 5.75 Å². The first kappa shape index (κ1) is 20.7. The second kappa shape index (κ2) is 9.42. The maximum atomic E-state index is 12.6. The van der Waals surface area contributed by atoms with E-state index in [4.69, 9.17) is 9.47 Å². The smallest absolute Gasteiger partial charge is 0.341 e. The van der Waals surface area contributed by atoms with Gasteiger partial charge >= 0.3 is 5.97 Å². The van der Waals surface area contributed by atoms with Gasteiger partial charge in [0.1, 0.15) is 11.3 Å². The van der Waals surface area contributed by atoms with Gasteiger partial charge in [-0.25, -0.2) is 4.79 Å². The summed E-state index contributed by atoms with van der Waals surface area (Å²) in [6.07, 6.45) is 3.27. The predicted molar refractivity (Wildman–Crippen MR) is 119 cm³/mol. The van der Waals surface area contributed by atoms with Crippen LogP contribution in [-0.4, -0.2) is 20.2 Å². The fraction of sp³-hybridized carbons (Fsp3) is 0.269. The number of unbranched alkanes of at least 4 members (excludes halogenated alkanes) is 1. The molecule has 0 saturated heterocycles. The van der Waals surface area contributed by atoms with Crippen molar-refractivity contribution >= 4 is 5.97 Å². The predicted octanol–water partition coefficient (Wildman–Crippen LogP) is 6.47. The number of esters is 1. The zero-order valence-electron chi connectivity index (χ0n) is 17.6. The fourth-order valence-electron chi connectivity index (χ4n) is 3.64. The number of benzene rings is 3. The van der Waals surface area contributed by atoms with Gasteiger partial charge in [0, 0.05) is 5.56 Å². The van der Waals surface area contributed by atoms with Crippen LogP contribution in [0.3, 0.4) is 0 Å². The van der Waals surface area contributed by atoms with E-state index in [0.29, 0.717) is 11.3 Å². The second-order valence-electron chi connectivity index (χ2n) is 7.23. The Balaban J connectivity index is 2.28. The van der Waals surface area contributed by atoms with Gasteiger partial charge in [-0.2, -0.15) is 0 Å². The normalized spacial score (nSPS) is 10.6. The van der Waals surface area contributed by atoms with Gasteiger partial charge in [-0.1, -0.05) is 67.4 Å². The van der Waals surface area contributed by atoms with Crippen molar-refractivity contribution < 1.29 is 14.3 Å². The van der Waals surface area contributed by atoms with Crippen molar-refractivity contribution in [1.29, 1.82) is 0 Å². The number of rotatable bonds is 7. The van der Waals surface area contributed by atoms with E-state index in [1.165, 1.54) is 18.2 Å². The molecule has 0 spiro atoms. The fourth-order valence-corrected chi connectivity index (χ4v) is 3.64. The van der Waals surface area contributed by atoms with Crippen molar-refractivity contribution in [1.82, 2.24) is 0 Å². The number of hydrogen-bond acceptors (Lipinski definition) is 3. The third kappa shape index (κ3) is 4.51. The molecule has 0 heterocycles. The van der Waals surface area contributed by atoms with Crippen molar-refractivity contribution in [3.05, 3.63) is 77.4 Å². The van der Waals surface area contributed by atoms with Gasteiger partial charge in [-0.05, 0) is 54.2 Å². The first-order valence-corrected chi connectivity index (χ1v) is 10.0. The molecule has 0 N–H and O–H groups in total. The quantitative estimate of drug-likeness (QED) is 0.435. The van der Waals surface area contributed by atoms with E-state index in [1.807, 2.05) is 36.4 Å². The number of ether oxygens (including phenoxy) is 2. The van der Waals surface area contributed by atoms with Gasteiger partial charge in [0.25, 0.3) is 0 Å². The Kier molecular flexibility index (Phi) is 6.71. The van der Waals surface area contributed by atoms with Crippen molar-refractivity contribution in [2.24, 2.45) is 0 Å². The Morgan fingerprint density at radius 1 is 0.897 bits per heavy atom. The van der Waals surface area contributed by atoms with Gasteiger partial charge in [0.2, 0.25) is 0 Å². The molecule has 150 valence electrons. The molecule has 3 aromatic rings. The highest BCUT2D eigenvalue weighted by Gasteiger charge is 2.21. The molecule has 0 aromatic heterocycles. The maximum absolute atomic E-state index is 12.6. The molecule has 0 aliphatic carbocycles. The molecule has 0 saturated carbocycles. The summed E-state index contributed by atoms with van der Waals surface area (Å²) in [5.74, 6) is 0.137. The summed E-state index contributed by atoms with van der Waals surface area (Å²) in [4.78, 5) is 12.6. The summed E-state index contributed by atoms with van der Waals surface area (Å²) in [5, 5.41) is 0. The molecule has 0 radical (unpaired) electrons. The highest BCUT2D eigenvalue weighted by molar-refractivity contribution is 5.98. The molecular formula is C26H28O3. The zero-order valence-corrected chi connectivity index (χ0v) is 17.6. The number of methoxy groups -OCH3 is 2. The zero-order chi connectivity index (χ0) is 20.8. The van der Waals surface area contributed by atoms with Gasteiger partial charge < -0.3 is 9.47 Å². The van der Waals surface area contributed by atoms with E-state index in [1.54, 1.807) is 7.11 Å². The third-order valence-electron chi connectivity index (χ3n) is 5.16. The van der Waals surface area contributed by atoms with Crippen LogP contribution in [-0.2, 0) is 11.2 Å². The maximum Gasteiger partial charge on any atom is 0.341 e. The lowest BCUT2D eigenvalue weighted by atomic mass is 9.90. The SMILES string of the molecule is CCCCc1ccc(C)cc1-c1cc(C(=O)OC)c(OC)c(-c2ccccc2)c1. The van der Waals surface area contributed by atoms with E-state index in [-0.39, 0.29) is 0 Å². The average Bonchev–Trinajstić information content (AvgIpc) is 2.77. The van der Waals surface area contributed by atoms with Crippen molar-refractivity contribution in [2.45, 2.75) is 33.1 Å². The van der Waals surface area contributed by atoms with Crippen molar-refractivity contribution in [3.63, 3.8) is 0 Å². The first-order valence-electron chi connectivity index (χ1n) is 10.0. The molecule has 0 unspecified atom stereocenters. The van der Waals surface area contributed by atoms with Crippen LogP contribution in [0.1, 0.15) is 41.3 Å². The summed E-state index contributed by atoms with van der Waals surface area (Å²) < 4.78 is 10.7. The number of hydrogen-bond donors (Lipinski definition) is 0. The minimum Gasteiger partial charge on any atom is -0.495 e. The van der Waals surface area contributed by atoms with Crippen LogP contribution in [0.25, 0.3) is 22.3 Å². The van der Waals surface area contributed by atoms with E-state index in [2.05, 4.69) is 38.1 Å². The van der Waals surface area contributed by atoms with E-state index < -0.39 is 5.97 Å². The molecule has 0 fully saturated rings. The second-order valence-corrected chi connectivity index (χ2v) is 7.23. The van der Waals surface area contributed by atoms with Gasteiger partial charge in [-0.3, -0.25) is 0 Å². The van der Waals surface area contributed by atoms with E-state index >= 15 is 0 Å². The number of carbonyl (C=O) groups excluding carboxylic acids is 1. The van der Waals surface area contributed by atoms with Crippen LogP contribution in [0.2, 0.25) is 0 Å². The molecule has 0 amide bonds. The average molecular weight is 389 g/mol.